The second-order valence-corrected chi connectivity index (χ2v) is 10.5. The third-order valence-corrected chi connectivity index (χ3v) is 7.18. The number of hydrogen-bond acceptors (Lipinski definition) is 7. The molecule has 2 aromatic heterocycles. The van der Waals surface area contributed by atoms with Crippen molar-refractivity contribution < 1.29 is 19.1 Å². The molecule has 2 N–H and O–H groups in total. The maximum atomic E-state index is 13.6. The van der Waals surface area contributed by atoms with Crippen LogP contribution in [0.5, 0.6) is 0 Å². The number of ketones is 1. The number of benzene rings is 1. The van der Waals surface area contributed by atoms with Crippen molar-refractivity contribution in [2.75, 3.05) is 13.2 Å². The van der Waals surface area contributed by atoms with Crippen molar-refractivity contribution in [3.63, 3.8) is 0 Å². The van der Waals surface area contributed by atoms with E-state index in [0.717, 1.165) is 15.3 Å². The first-order valence-corrected chi connectivity index (χ1v) is 13.8. The van der Waals surface area contributed by atoms with Crippen molar-refractivity contribution in [1.82, 2.24) is 15.5 Å². The standard InChI is InChI=1S/C27H33N3O4S2/c1-21(31)17-28-25(13-5-6-14-34-27(33)29-18-22-9-3-2-4-10-22)26(32)30(19-23-11-7-15-35-23)20-24-12-8-16-36-24/h2-4,7-12,15-16,25,28H,5-6,13-14,17-20H2,1H3,(H,29,33)/t25-/m0/s1. The number of nitrogens with one attached hydrogen (secondary N) is 2. The highest BCUT2D eigenvalue weighted by molar-refractivity contribution is 7.10. The van der Waals surface area contributed by atoms with E-state index in [1.54, 1.807) is 22.7 Å². The van der Waals surface area contributed by atoms with Gasteiger partial charge in [-0.1, -0.05) is 42.5 Å². The maximum absolute atomic E-state index is 13.6. The summed E-state index contributed by atoms with van der Waals surface area (Å²) in [6.45, 7) is 3.37. The predicted molar refractivity (Wildman–Crippen MR) is 144 cm³/mol. The summed E-state index contributed by atoms with van der Waals surface area (Å²) in [5, 5.41) is 9.89. The van der Waals surface area contributed by atoms with E-state index in [9.17, 15) is 14.4 Å². The number of amides is 2. The number of Topliss-reactive ketones (excluding diaryl/α,β-unsaturated/α-hetero) is 1. The van der Waals surface area contributed by atoms with Gasteiger partial charge in [-0.25, -0.2) is 4.79 Å². The minimum absolute atomic E-state index is 0.0192. The average Bonchev–Trinajstić information content (AvgIpc) is 3.59. The summed E-state index contributed by atoms with van der Waals surface area (Å²) < 4.78 is 5.27. The van der Waals surface area contributed by atoms with Crippen LogP contribution < -0.4 is 10.6 Å². The monoisotopic (exact) mass is 527 g/mol. The molecule has 0 saturated carbocycles. The fraction of sp³-hybridized carbons (Fsp3) is 0.370. The molecule has 9 heteroatoms. The summed E-state index contributed by atoms with van der Waals surface area (Å²) >= 11 is 3.24. The van der Waals surface area contributed by atoms with Gasteiger partial charge in [0.05, 0.1) is 32.3 Å². The maximum Gasteiger partial charge on any atom is 0.407 e. The normalized spacial score (nSPS) is 11.6. The lowest BCUT2D eigenvalue weighted by Crippen LogP contribution is -2.47. The number of rotatable bonds is 15. The van der Waals surface area contributed by atoms with Crippen molar-refractivity contribution in [2.24, 2.45) is 0 Å². The van der Waals surface area contributed by atoms with Crippen molar-refractivity contribution in [3.8, 4) is 0 Å². The molecule has 7 nitrogen and oxygen atoms in total. The van der Waals surface area contributed by atoms with Crippen LogP contribution in [0.2, 0.25) is 0 Å². The first-order valence-electron chi connectivity index (χ1n) is 12.0. The molecule has 0 aliphatic carbocycles. The zero-order valence-electron chi connectivity index (χ0n) is 20.5. The number of carbonyl (C=O) groups is 3. The summed E-state index contributed by atoms with van der Waals surface area (Å²) in [4.78, 5) is 41.2. The highest BCUT2D eigenvalue weighted by Crippen LogP contribution is 2.19. The van der Waals surface area contributed by atoms with Crippen LogP contribution in [-0.4, -0.2) is 41.9 Å². The second kappa shape index (κ2) is 15.2. The number of hydrogen-bond donors (Lipinski definition) is 2. The Morgan fingerprint density at radius 3 is 2.17 bits per heavy atom. The van der Waals surface area contributed by atoms with E-state index in [-0.39, 0.29) is 24.8 Å². The number of unbranched alkanes of at least 4 members (excludes halogenated alkanes) is 1. The quantitative estimate of drug-likeness (QED) is 0.272. The molecule has 0 unspecified atom stereocenters. The van der Waals surface area contributed by atoms with E-state index in [1.807, 2.05) is 70.3 Å². The molecule has 0 bridgehead atoms. The number of thiophene rings is 2. The van der Waals surface area contributed by atoms with Gasteiger partial charge in [-0.15, -0.1) is 22.7 Å². The van der Waals surface area contributed by atoms with E-state index in [0.29, 0.717) is 38.9 Å². The van der Waals surface area contributed by atoms with Crippen molar-refractivity contribution in [2.45, 2.75) is 51.9 Å². The fourth-order valence-corrected chi connectivity index (χ4v) is 5.07. The van der Waals surface area contributed by atoms with Crippen molar-refractivity contribution >= 4 is 40.5 Å². The molecule has 3 aromatic rings. The molecule has 2 heterocycles. The molecular weight excluding hydrogens is 494 g/mol. The number of nitrogens with zero attached hydrogens (tertiary/aromatic N) is 1. The van der Waals surface area contributed by atoms with Crippen LogP contribution in [0.15, 0.2) is 65.4 Å². The highest BCUT2D eigenvalue weighted by Gasteiger charge is 2.25. The molecule has 0 aliphatic rings. The molecule has 1 atom stereocenters. The molecule has 0 spiro atoms. The second-order valence-electron chi connectivity index (χ2n) is 8.46. The Morgan fingerprint density at radius 1 is 0.917 bits per heavy atom. The Bertz CT molecular complexity index is 1020. The largest absolute Gasteiger partial charge is 0.450 e. The smallest absolute Gasteiger partial charge is 0.407 e. The summed E-state index contributed by atoms with van der Waals surface area (Å²) in [6.07, 6.45) is 1.39. The summed E-state index contributed by atoms with van der Waals surface area (Å²) in [5.74, 6) is -0.0474. The number of alkyl carbamates (subject to hydrolysis) is 1. The van der Waals surface area contributed by atoms with Gasteiger partial charge in [-0.05, 0) is 54.6 Å². The third kappa shape index (κ3) is 9.93. The molecule has 36 heavy (non-hydrogen) atoms. The van der Waals surface area contributed by atoms with Crippen LogP contribution in [0.1, 0.15) is 41.5 Å². The van der Waals surface area contributed by atoms with E-state index >= 15 is 0 Å². The lowest BCUT2D eigenvalue weighted by molar-refractivity contribution is -0.135. The fourth-order valence-electron chi connectivity index (χ4n) is 3.63. The number of carbonyl (C=O) groups excluding carboxylic acids is 3. The Balaban J connectivity index is 1.49. The minimum Gasteiger partial charge on any atom is -0.450 e. The van der Waals surface area contributed by atoms with Crippen LogP contribution in [0.25, 0.3) is 0 Å². The van der Waals surface area contributed by atoms with Gasteiger partial charge in [0.1, 0.15) is 5.78 Å². The first-order chi connectivity index (χ1) is 17.5. The predicted octanol–water partition coefficient (Wildman–Crippen LogP) is 4.98. The van der Waals surface area contributed by atoms with Gasteiger partial charge in [0.15, 0.2) is 0 Å². The van der Waals surface area contributed by atoms with Crippen molar-refractivity contribution in [1.29, 1.82) is 0 Å². The van der Waals surface area contributed by atoms with Crippen LogP contribution in [0, 0.1) is 0 Å². The molecule has 0 aliphatic heterocycles. The van der Waals surface area contributed by atoms with E-state index < -0.39 is 12.1 Å². The lowest BCUT2D eigenvalue weighted by atomic mass is 10.1. The minimum atomic E-state index is -0.485. The van der Waals surface area contributed by atoms with Crippen LogP contribution in [0.4, 0.5) is 4.79 Å². The Hall–Kier alpha value is -3.01. The van der Waals surface area contributed by atoms with E-state index in [1.165, 1.54) is 6.92 Å². The highest BCUT2D eigenvalue weighted by atomic mass is 32.1. The SMILES string of the molecule is CC(=O)CN[C@@H](CCCCOC(=O)NCc1ccccc1)C(=O)N(Cc1cccs1)Cc1cccs1. The Kier molecular flexibility index (Phi) is 11.6. The molecular formula is C27H33N3O4S2. The van der Waals surface area contributed by atoms with Gasteiger partial charge in [0.2, 0.25) is 5.91 Å². The van der Waals surface area contributed by atoms with Crippen molar-refractivity contribution in [3.05, 3.63) is 80.7 Å². The average molecular weight is 528 g/mol. The third-order valence-electron chi connectivity index (χ3n) is 5.46. The van der Waals surface area contributed by atoms with Crippen LogP contribution >= 0.6 is 22.7 Å². The van der Waals surface area contributed by atoms with Gasteiger partial charge >= 0.3 is 6.09 Å². The molecule has 0 radical (unpaired) electrons. The van der Waals surface area contributed by atoms with Crippen LogP contribution in [-0.2, 0) is 34.0 Å². The zero-order valence-corrected chi connectivity index (χ0v) is 22.1. The van der Waals surface area contributed by atoms with Gasteiger partial charge in [0, 0.05) is 16.3 Å². The summed E-state index contributed by atoms with van der Waals surface area (Å²) in [6, 6.07) is 17.2. The molecule has 1 aromatic carbocycles. The summed E-state index contributed by atoms with van der Waals surface area (Å²) in [5.41, 5.74) is 1.00. The number of ether oxygens (including phenoxy) is 1. The molecule has 0 fully saturated rings. The Labute approximate surface area is 220 Å². The topological polar surface area (TPSA) is 87.7 Å². The molecule has 3 rings (SSSR count). The van der Waals surface area contributed by atoms with E-state index in [4.69, 9.17) is 4.74 Å². The van der Waals surface area contributed by atoms with Gasteiger partial charge in [0.25, 0.3) is 0 Å². The summed E-state index contributed by atoms with van der Waals surface area (Å²) in [7, 11) is 0. The zero-order chi connectivity index (χ0) is 25.6. The lowest BCUT2D eigenvalue weighted by Gasteiger charge is -2.27. The Morgan fingerprint density at radius 2 is 1.58 bits per heavy atom. The van der Waals surface area contributed by atoms with Gasteiger partial charge < -0.3 is 15.0 Å². The first kappa shape index (κ1) is 27.6. The van der Waals surface area contributed by atoms with Crippen LogP contribution in [0.3, 0.4) is 0 Å². The van der Waals surface area contributed by atoms with Gasteiger partial charge in [-0.3, -0.25) is 14.9 Å². The van der Waals surface area contributed by atoms with E-state index in [2.05, 4.69) is 10.6 Å². The molecule has 192 valence electrons. The molecule has 2 amide bonds. The van der Waals surface area contributed by atoms with Gasteiger partial charge in [-0.2, -0.15) is 0 Å². The molecule has 0 saturated heterocycles.